The number of nitrogens with zero attached hydrogens (tertiary/aromatic N) is 2. The van der Waals surface area contributed by atoms with Crippen molar-refractivity contribution in [2.75, 3.05) is 0 Å². The maximum atomic E-state index is 5.10. The first-order valence-electron chi connectivity index (χ1n) is 15.7. The third-order valence-electron chi connectivity index (χ3n) is 9.24. The summed E-state index contributed by atoms with van der Waals surface area (Å²) in [4.78, 5) is 5.10. The maximum absolute atomic E-state index is 5.10. The molecule has 1 heterocycles. The van der Waals surface area contributed by atoms with Gasteiger partial charge in [-0.3, -0.25) is 4.57 Å². The van der Waals surface area contributed by atoms with Gasteiger partial charge in [-0.25, -0.2) is 4.98 Å². The molecule has 7 aromatic carbocycles. The summed E-state index contributed by atoms with van der Waals surface area (Å²) >= 11 is 0. The van der Waals surface area contributed by atoms with Crippen molar-refractivity contribution in [2.45, 2.75) is 12.8 Å². The van der Waals surface area contributed by atoms with Crippen molar-refractivity contribution in [1.82, 2.24) is 9.55 Å². The van der Waals surface area contributed by atoms with E-state index in [0.29, 0.717) is 0 Å². The van der Waals surface area contributed by atoms with Gasteiger partial charge in [-0.1, -0.05) is 127 Å². The maximum Gasteiger partial charge on any atom is 0.145 e. The average Bonchev–Trinajstić information content (AvgIpc) is 3.52. The number of hydrogen-bond donors (Lipinski definition) is 0. The molecule has 0 saturated heterocycles. The predicted octanol–water partition coefficient (Wildman–Crippen LogP) is 9.69. The van der Waals surface area contributed by atoms with Gasteiger partial charge in [0.1, 0.15) is 5.82 Å². The molecule has 212 valence electrons. The van der Waals surface area contributed by atoms with Gasteiger partial charge in [0.2, 0.25) is 0 Å². The Bertz CT molecular complexity index is 2500. The molecule has 0 spiro atoms. The summed E-state index contributed by atoms with van der Waals surface area (Å²) < 4.78 is 2.28. The van der Waals surface area contributed by atoms with E-state index in [0.717, 1.165) is 41.0 Å². The molecule has 9 rings (SSSR count). The summed E-state index contributed by atoms with van der Waals surface area (Å²) in [5, 5.41) is 8.10. The van der Waals surface area contributed by atoms with Gasteiger partial charge in [0.05, 0.1) is 11.0 Å². The molecule has 0 radical (unpaired) electrons. The number of benzene rings is 7. The number of fused-ring (bicyclic) bond motifs is 7. The van der Waals surface area contributed by atoms with Crippen LogP contribution in [-0.4, -0.2) is 9.55 Å². The van der Waals surface area contributed by atoms with Crippen molar-refractivity contribution in [3.05, 3.63) is 156 Å². The molecular formula is C43H30N2. The largest absolute Gasteiger partial charge is 0.292 e. The van der Waals surface area contributed by atoms with Crippen LogP contribution in [0.3, 0.4) is 0 Å². The summed E-state index contributed by atoms with van der Waals surface area (Å²) in [6.45, 7) is 0. The molecule has 0 fully saturated rings. The van der Waals surface area contributed by atoms with E-state index in [1.165, 1.54) is 54.2 Å². The lowest BCUT2D eigenvalue weighted by atomic mass is 9.92. The van der Waals surface area contributed by atoms with Crippen molar-refractivity contribution in [3.8, 4) is 39.3 Å². The van der Waals surface area contributed by atoms with Crippen LogP contribution in [0.15, 0.2) is 146 Å². The predicted molar refractivity (Wildman–Crippen MR) is 190 cm³/mol. The van der Waals surface area contributed by atoms with Gasteiger partial charge in [0.25, 0.3) is 0 Å². The lowest BCUT2D eigenvalue weighted by Gasteiger charge is -2.13. The highest BCUT2D eigenvalue weighted by Gasteiger charge is 2.15. The molecule has 1 aromatic heterocycles. The quantitative estimate of drug-likeness (QED) is 0.191. The molecule has 2 nitrogen and oxygen atoms in total. The van der Waals surface area contributed by atoms with Crippen molar-refractivity contribution in [2.24, 2.45) is 0 Å². The first-order valence-corrected chi connectivity index (χ1v) is 15.7. The van der Waals surface area contributed by atoms with Gasteiger partial charge in [0.15, 0.2) is 0 Å². The molecule has 45 heavy (non-hydrogen) atoms. The molecule has 0 aliphatic heterocycles. The normalized spacial score (nSPS) is 12.6. The monoisotopic (exact) mass is 574 g/mol. The Morgan fingerprint density at radius 1 is 0.422 bits per heavy atom. The third-order valence-corrected chi connectivity index (χ3v) is 9.24. The number of rotatable bonds is 4. The fraction of sp³-hybridized carbons (Fsp3) is 0.0465. The van der Waals surface area contributed by atoms with E-state index in [-0.39, 0.29) is 0 Å². The highest BCUT2D eigenvalue weighted by Crippen LogP contribution is 2.32. The summed E-state index contributed by atoms with van der Waals surface area (Å²) in [6, 6.07) is 52.4. The van der Waals surface area contributed by atoms with Gasteiger partial charge >= 0.3 is 0 Å². The molecular weight excluding hydrogens is 544 g/mol. The van der Waals surface area contributed by atoms with Gasteiger partial charge in [-0.05, 0) is 97.4 Å². The Kier molecular flexibility index (Phi) is 5.99. The van der Waals surface area contributed by atoms with Gasteiger partial charge < -0.3 is 0 Å². The standard InChI is InChI=1S/C43H30N2/c1-2-10-29(11-3-1)30-18-20-32(21-19-30)43-44-41-16-8-9-17-42(41)45(43)34-25-22-31(23-26-34)33-24-27-39-37-14-5-4-12-35(37)36-13-6-7-15-38(36)40(39)28-33/h1-5,8-28H,6-7H2. The fourth-order valence-corrected chi connectivity index (χ4v) is 7.05. The Morgan fingerprint density at radius 3 is 1.78 bits per heavy atom. The zero-order chi connectivity index (χ0) is 29.7. The molecule has 8 aromatic rings. The van der Waals surface area contributed by atoms with Crippen LogP contribution in [0.5, 0.6) is 0 Å². The van der Waals surface area contributed by atoms with E-state index < -0.39 is 0 Å². The van der Waals surface area contributed by atoms with E-state index in [2.05, 4.69) is 162 Å². The molecule has 0 bridgehead atoms. The van der Waals surface area contributed by atoms with Crippen molar-refractivity contribution in [3.63, 3.8) is 0 Å². The van der Waals surface area contributed by atoms with Gasteiger partial charge in [0, 0.05) is 11.3 Å². The van der Waals surface area contributed by atoms with Crippen LogP contribution in [-0.2, 0) is 0 Å². The minimum Gasteiger partial charge on any atom is -0.292 e. The van der Waals surface area contributed by atoms with E-state index in [1.807, 2.05) is 0 Å². The summed E-state index contributed by atoms with van der Waals surface area (Å²) in [7, 11) is 0. The molecule has 0 atom stereocenters. The van der Waals surface area contributed by atoms with E-state index >= 15 is 0 Å². The highest BCUT2D eigenvalue weighted by atomic mass is 15.1. The van der Waals surface area contributed by atoms with Crippen LogP contribution in [0.25, 0.3) is 84.1 Å². The Morgan fingerprint density at radius 2 is 0.978 bits per heavy atom. The summed E-state index contributed by atoms with van der Waals surface area (Å²) in [5.41, 5.74) is 9.14. The molecule has 2 heteroatoms. The third kappa shape index (κ3) is 4.29. The average molecular weight is 575 g/mol. The van der Waals surface area contributed by atoms with Crippen LogP contribution in [0.1, 0.15) is 12.8 Å². The first kappa shape index (κ1) is 25.7. The van der Waals surface area contributed by atoms with Crippen LogP contribution in [0, 0.1) is 0 Å². The van der Waals surface area contributed by atoms with E-state index in [4.69, 9.17) is 4.98 Å². The number of hydrogen-bond acceptors (Lipinski definition) is 1. The van der Waals surface area contributed by atoms with E-state index in [1.54, 1.807) is 0 Å². The zero-order valence-electron chi connectivity index (χ0n) is 24.8. The van der Waals surface area contributed by atoms with Gasteiger partial charge in [-0.2, -0.15) is 0 Å². The smallest absolute Gasteiger partial charge is 0.145 e. The fourth-order valence-electron chi connectivity index (χ4n) is 7.05. The van der Waals surface area contributed by atoms with Gasteiger partial charge in [-0.15, -0.1) is 0 Å². The number of aromatic nitrogens is 2. The molecule has 0 unspecified atom stereocenters. The van der Waals surface area contributed by atoms with Crippen LogP contribution >= 0.6 is 0 Å². The Balaban J connectivity index is 1.14. The van der Waals surface area contributed by atoms with E-state index in [9.17, 15) is 0 Å². The van der Waals surface area contributed by atoms with Crippen molar-refractivity contribution >= 4 is 44.7 Å². The molecule has 1 aliphatic rings. The van der Waals surface area contributed by atoms with Crippen molar-refractivity contribution < 1.29 is 0 Å². The first-order chi connectivity index (χ1) is 22.3. The number of imidazole rings is 1. The molecule has 0 amide bonds. The second-order valence-electron chi connectivity index (χ2n) is 11.9. The van der Waals surface area contributed by atoms with Crippen molar-refractivity contribution in [1.29, 1.82) is 0 Å². The summed E-state index contributed by atoms with van der Waals surface area (Å²) in [6.07, 6.45) is 7.04. The minimum atomic E-state index is 0.944. The SMILES string of the molecule is C1=c2c(c3cc(-c4ccc(-n5c(-c6ccc(-c7ccccc7)cc6)nc6ccccc65)cc4)ccc3c3ccccc23)=CCC1. The van der Waals surface area contributed by atoms with Crippen LogP contribution in [0.2, 0.25) is 0 Å². The van der Waals surface area contributed by atoms with Crippen LogP contribution < -0.4 is 10.4 Å². The Hall–Kier alpha value is -5.73. The second kappa shape index (κ2) is 10.5. The molecule has 0 N–H and O–H groups in total. The Labute approximate surface area is 261 Å². The lowest BCUT2D eigenvalue weighted by molar-refractivity contribution is 1.10. The lowest BCUT2D eigenvalue weighted by Crippen LogP contribution is -2.28. The highest BCUT2D eigenvalue weighted by molar-refractivity contribution is 6.09. The molecule has 1 aliphatic carbocycles. The second-order valence-corrected chi connectivity index (χ2v) is 11.9. The van der Waals surface area contributed by atoms with Crippen LogP contribution in [0.4, 0.5) is 0 Å². The number of para-hydroxylation sites is 2. The summed E-state index contributed by atoms with van der Waals surface area (Å²) in [5.74, 6) is 0.944. The topological polar surface area (TPSA) is 17.8 Å². The molecule has 0 saturated carbocycles. The zero-order valence-corrected chi connectivity index (χ0v) is 24.8. The minimum absolute atomic E-state index is 0.944.